The van der Waals surface area contributed by atoms with Crippen molar-refractivity contribution in [2.75, 3.05) is 5.73 Å². The summed E-state index contributed by atoms with van der Waals surface area (Å²) < 4.78 is 14.1. The molecule has 0 aromatic heterocycles. The third-order valence-corrected chi connectivity index (χ3v) is 2.69. The topological polar surface area (TPSA) is 26.0 Å². The quantitative estimate of drug-likeness (QED) is 0.714. The molecule has 72 valence electrons. The summed E-state index contributed by atoms with van der Waals surface area (Å²) in [5.74, 6) is -0.199. The molecule has 0 spiro atoms. The highest BCUT2D eigenvalue weighted by atomic mass is 79.9. The molecule has 2 aromatic rings. The molecule has 0 aliphatic heterocycles. The number of hydrogen-bond donors (Lipinski definition) is 1. The lowest BCUT2D eigenvalue weighted by Gasteiger charge is -2.05. The van der Waals surface area contributed by atoms with E-state index in [1.54, 1.807) is 13.0 Å². The first-order chi connectivity index (χ1) is 6.58. The van der Waals surface area contributed by atoms with Crippen molar-refractivity contribution in [2.45, 2.75) is 6.92 Å². The highest BCUT2D eigenvalue weighted by Gasteiger charge is 2.04. The highest BCUT2D eigenvalue weighted by Crippen LogP contribution is 2.28. The van der Waals surface area contributed by atoms with E-state index in [1.165, 1.54) is 6.07 Å². The molecular formula is C11H9BrFN. The van der Waals surface area contributed by atoms with Crippen molar-refractivity contribution in [1.82, 2.24) is 0 Å². The van der Waals surface area contributed by atoms with Crippen molar-refractivity contribution >= 4 is 32.4 Å². The zero-order valence-corrected chi connectivity index (χ0v) is 9.23. The van der Waals surface area contributed by atoms with E-state index in [4.69, 9.17) is 5.73 Å². The maximum atomic E-state index is 13.3. The maximum Gasteiger partial charge on any atom is 0.126 e. The summed E-state index contributed by atoms with van der Waals surface area (Å²) in [7, 11) is 0. The van der Waals surface area contributed by atoms with Crippen LogP contribution < -0.4 is 5.73 Å². The van der Waals surface area contributed by atoms with Gasteiger partial charge in [0, 0.05) is 15.5 Å². The van der Waals surface area contributed by atoms with E-state index < -0.39 is 0 Å². The molecule has 0 atom stereocenters. The highest BCUT2D eigenvalue weighted by molar-refractivity contribution is 9.10. The molecule has 2 rings (SSSR count). The summed E-state index contributed by atoms with van der Waals surface area (Å²) in [6.45, 7) is 1.73. The molecule has 0 saturated carbocycles. The number of nitrogen functional groups attached to an aromatic ring is 1. The number of anilines is 1. The average Bonchev–Trinajstić information content (AvgIpc) is 2.08. The zero-order chi connectivity index (χ0) is 10.3. The molecule has 2 N–H and O–H groups in total. The third kappa shape index (κ3) is 1.48. The largest absolute Gasteiger partial charge is 0.398 e. The Morgan fingerprint density at radius 2 is 1.93 bits per heavy atom. The lowest BCUT2D eigenvalue weighted by Crippen LogP contribution is -1.90. The molecule has 2 aromatic carbocycles. The van der Waals surface area contributed by atoms with Gasteiger partial charge in [-0.1, -0.05) is 15.9 Å². The van der Waals surface area contributed by atoms with Gasteiger partial charge in [-0.25, -0.2) is 4.39 Å². The molecule has 0 fully saturated rings. The number of hydrogen-bond acceptors (Lipinski definition) is 1. The summed E-state index contributed by atoms with van der Waals surface area (Å²) in [6, 6.07) is 6.95. The minimum atomic E-state index is -0.199. The van der Waals surface area contributed by atoms with Crippen molar-refractivity contribution in [2.24, 2.45) is 0 Å². The van der Waals surface area contributed by atoms with Gasteiger partial charge in [-0.2, -0.15) is 0 Å². The van der Waals surface area contributed by atoms with Gasteiger partial charge in [0.2, 0.25) is 0 Å². The van der Waals surface area contributed by atoms with Crippen molar-refractivity contribution in [3.63, 3.8) is 0 Å². The summed E-state index contributed by atoms with van der Waals surface area (Å²) >= 11 is 3.32. The van der Waals surface area contributed by atoms with E-state index in [-0.39, 0.29) is 5.82 Å². The number of fused-ring (bicyclic) bond motifs is 1. The van der Waals surface area contributed by atoms with E-state index in [2.05, 4.69) is 15.9 Å². The molecule has 0 saturated heterocycles. The van der Waals surface area contributed by atoms with Crippen LogP contribution in [0.4, 0.5) is 10.1 Å². The van der Waals surface area contributed by atoms with Crippen LogP contribution in [0.15, 0.2) is 28.7 Å². The monoisotopic (exact) mass is 253 g/mol. The van der Waals surface area contributed by atoms with Gasteiger partial charge in [-0.05, 0) is 42.1 Å². The summed E-state index contributed by atoms with van der Waals surface area (Å²) in [5.41, 5.74) is 7.11. The Balaban J connectivity index is 2.89. The van der Waals surface area contributed by atoms with E-state index in [9.17, 15) is 4.39 Å². The Bertz CT molecular complexity index is 508. The molecule has 0 aliphatic carbocycles. The molecule has 0 aliphatic rings. The lowest BCUT2D eigenvalue weighted by atomic mass is 10.1. The third-order valence-electron chi connectivity index (χ3n) is 2.23. The normalized spacial score (nSPS) is 10.8. The molecule has 1 nitrogen and oxygen atoms in total. The SMILES string of the molecule is Cc1cc2c(N)cc(Br)cc2cc1F. The average molecular weight is 254 g/mol. The van der Waals surface area contributed by atoms with Crippen LogP contribution in [0.1, 0.15) is 5.56 Å². The van der Waals surface area contributed by atoms with E-state index in [1.807, 2.05) is 12.1 Å². The second kappa shape index (κ2) is 3.24. The fourth-order valence-electron chi connectivity index (χ4n) is 1.48. The molecule has 14 heavy (non-hydrogen) atoms. The van der Waals surface area contributed by atoms with Gasteiger partial charge in [0.15, 0.2) is 0 Å². The molecule has 3 heteroatoms. The molecule has 0 heterocycles. The van der Waals surface area contributed by atoms with Gasteiger partial charge in [0.1, 0.15) is 5.82 Å². The Labute approximate surface area is 89.9 Å². The molecule has 0 unspecified atom stereocenters. The van der Waals surface area contributed by atoms with E-state index in [0.29, 0.717) is 11.3 Å². The number of aryl methyl sites for hydroxylation is 1. The first kappa shape index (κ1) is 9.46. The fraction of sp³-hybridized carbons (Fsp3) is 0.0909. The second-order valence-electron chi connectivity index (χ2n) is 3.32. The van der Waals surface area contributed by atoms with Gasteiger partial charge in [-0.3, -0.25) is 0 Å². The second-order valence-corrected chi connectivity index (χ2v) is 4.23. The standard InChI is InChI=1S/C11H9BrFN/c1-6-2-9-7(4-10(6)13)3-8(12)5-11(9)14/h2-5H,14H2,1H3. The van der Waals surface area contributed by atoms with Crippen molar-refractivity contribution < 1.29 is 4.39 Å². The van der Waals surface area contributed by atoms with Gasteiger partial charge in [0.25, 0.3) is 0 Å². The predicted molar refractivity (Wildman–Crippen MR) is 60.8 cm³/mol. The molecule has 0 amide bonds. The first-order valence-electron chi connectivity index (χ1n) is 4.23. The Morgan fingerprint density at radius 3 is 2.64 bits per heavy atom. The zero-order valence-electron chi connectivity index (χ0n) is 7.64. The van der Waals surface area contributed by atoms with Gasteiger partial charge >= 0.3 is 0 Å². The van der Waals surface area contributed by atoms with Crippen LogP contribution in [0.25, 0.3) is 10.8 Å². The Morgan fingerprint density at radius 1 is 1.21 bits per heavy atom. The van der Waals surface area contributed by atoms with E-state index >= 15 is 0 Å². The van der Waals surface area contributed by atoms with Crippen LogP contribution in [-0.2, 0) is 0 Å². The van der Waals surface area contributed by atoms with Crippen LogP contribution in [-0.4, -0.2) is 0 Å². The van der Waals surface area contributed by atoms with Crippen LogP contribution in [0.3, 0.4) is 0 Å². The number of halogens is 2. The first-order valence-corrected chi connectivity index (χ1v) is 5.02. The number of nitrogens with two attached hydrogens (primary N) is 1. The van der Waals surface area contributed by atoms with Crippen LogP contribution in [0.2, 0.25) is 0 Å². The Kier molecular flexibility index (Phi) is 2.19. The van der Waals surface area contributed by atoms with Gasteiger partial charge < -0.3 is 5.73 Å². The number of rotatable bonds is 0. The van der Waals surface area contributed by atoms with Crippen LogP contribution >= 0.6 is 15.9 Å². The minimum absolute atomic E-state index is 0.199. The summed E-state index contributed by atoms with van der Waals surface area (Å²) in [5, 5.41) is 1.71. The molecule has 0 radical (unpaired) electrons. The van der Waals surface area contributed by atoms with Crippen LogP contribution in [0, 0.1) is 12.7 Å². The van der Waals surface area contributed by atoms with Gasteiger partial charge in [0.05, 0.1) is 0 Å². The Hall–Kier alpha value is -1.09. The van der Waals surface area contributed by atoms with Crippen molar-refractivity contribution in [3.8, 4) is 0 Å². The predicted octanol–water partition coefficient (Wildman–Crippen LogP) is 3.63. The smallest absolute Gasteiger partial charge is 0.126 e. The molecular weight excluding hydrogens is 245 g/mol. The number of benzene rings is 2. The minimum Gasteiger partial charge on any atom is -0.398 e. The molecule has 0 bridgehead atoms. The van der Waals surface area contributed by atoms with Crippen LogP contribution in [0.5, 0.6) is 0 Å². The summed E-state index contributed by atoms with van der Waals surface area (Å²) in [4.78, 5) is 0. The maximum absolute atomic E-state index is 13.3. The van der Waals surface area contributed by atoms with Crippen molar-refractivity contribution in [3.05, 3.63) is 40.1 Å². The summed E-state index contributed by atoms with van der Waals surface area (Å²) in [6.07, 6.45) is 0. The van der Waals surface area contributed by atoms with Gasteiger partial charge in [-0.15, -0.1) is 0 Å². The van der Waals surface area contributed by atoms with E-state index in [0.717, 1.165) is 15.2 Å². The van der Waals surface area contributed by atoms with Crippen molar-refractivity contribution in [1.29, 1.82) is 0 Å². The lowest BCUT2D eigenvalue weighted by molar-refractivity contribution is 0.620. The fourth-order valence-corrected chi connectivity index (χ4v) is 1.98.